The maximum Gasteiger partial charge on any atom is 0.343 e. The Balaban J connectivity index is 1.30. The minimum absolute atomic E-state index is 0.0395. The molecule has 7 rings (SSSR count). The van der Waals surface area contributed by atoms with Gasteiger partial charge in [0.15, 0.2) is 5.75 Å². The van der Waals surface area contributed by atoms with E-state index in [0.717, 1.165) is 26.3 Å². The summed E-state index contributed by atoms with van der Waals surface area (Å²) >= 11 is 10.5. The van der Waals surface area contributed by atoms with Crippen molar-refractivity contribution < 1.29 is 32.9 Å². The van der Waals surface area contributed by atoms with Crippen LogP contribution in [0.15, 0.2) is 144 Å². The summed E-state index contributed by atoms with van der Waals surface area (Å²) in [7, 11) is 0.241. The second-order valence-corrected chi connectivity index (χ2v) is 23.9. The number of aromatic amines is 1. The molecule has 1 aliphatic heterocycles. The lowest BCUT2D eigenvalue weighted by molar-refractivity contribution is -0.0927. The number of H-pyrrole nitrogens is 1. The summed E-state index contributed by atoms with van der Waals surface area (Å²) in [5.74, 6) is 1.25. The fraction of sp³-hybridized carbons (Fsp3) is 0.300. The number of benzene rings is 5. The summed E-state index contributed by atoms with van der Waals surface area (Å²) in [6, 6.07) is 36.7. The standard InChI is InChI=1S/C50H51Br3N2O9Si/c1-30(2)65(31(3)4,40-23-13-33(14-24-40)48(57)63-46-41(52)25-37(51)26-42(46)53)64-43-27-45(55-28-32(5)47(56)54-49(55)58)62-44(43)29-61-50(34-11-9-8-10-12-34,35-15-19-38(59-6)20-16-35)36-17-21-39(60-7)22-18-36/h8-26,28,30-31,43-45H,27,29H2,1-7H3,(H,54,56,58)/t43-,44+,45+/m0/s1. The summed E-state index contributed by atoms with van der Waals surface area (Å²) in [6.07, 6.45) is -0.232. The van der Waals surface area contributed by atoms with E-state index in [0.29, 0.717) is 43.7 Å². The molecule has 1 aromatic heterocycles. The van der Waals surface area contributed by atoms with Crippen LogP contribution in [0.25, 0.3) is 0 Å². The largest absolute Gasteiger partial charge is 0.497 e. The Morgan fingerprint density at radius 1 is 0.800 bits per heavy atom. The van der Waals surface area contributed by atoms with E-state index in [-0.39, 0.29) is 17.7 Å². The normalized spacial score (nSPS) is 16.5. The molecule has 0 aliphatic carbocycles. The van der Waals surface area contributed by atoms with Gasteiger partial charge in [-0.25, -0.2) is 9.59 Å². The van der Waals surface area contributed by atoms with E-state index in [2.05, 4.69) is 80.5 Å². The Hall–Kier alpha value is -4.61. The number of methoxy groups -OCH3 is 2. The summed E-state index contributed by atoms with van der Waals surface area (Å²) in [5, 5.41) is 0.986. The summed E-state index contributed by atoms with van der Waals surface area (Å²) < 4.78 is 42.4. The van der Waals surface area contributed by atoms with Crippen molar-refractivity contribution in [2.45, 2.75) is 76.2 Å². The quantitative estimate of drug-likeness (QED) is 0.0436. The van der Waals surface area contributed by atoms with Gasteiger partial charge < -0.3 is 28.1 Å². The van der Waals surface area contributed by atoms with Gasteiger partial charge in [-0.15, -0.1) is 0 Å². The Labute approximate surface area is 404 Å². The summed E-state index contributed by atoms with van der Waals surface area (Å²) in [5.41, 5.74) is 1.23. The molecular formula is C50H51Br3N2O9Si. The van der Waals surface area contributed by atoms with Gasteiger partial charge >= 0.3 is 11.7 Å². The number of esters is 1. The summed E-state index contributed by atoms with van der Waals surface area (Å²) in [4.78, 5) is 42.0. The molecule has 5 aromatic carbocycles. The minimum Gasteiger partial charge on any atom is -0.497 e. The number of carbonyl (C=O) groups excluding carboxylic acids is 1. The number of ether oxygens (including phenoxy) is 5. The lowest BCUT2D eigenvalue weighted by Crippen LogP contribution is -2.59. The lowest BCUT2D eigenvalue weighted by atomic mass is 9.80. The van der Waals surface area contributed by atoms with Crippen molar-refractivity contribution in [1.82, 2.24) is 9.55 Å². The molecule has 2 heterocycles. The molecule has 65 heavy (non-hydrogen) atoms. The van der Waals surface area contributed by atoms with Crippen LogP contribution < -0.4 is 30.6 Å². The monoisotopic (exact) mass is 1090 g/mol. The van der Waals surface area contributed by atoms with Crippen LogP contribution in [0.5, 0.6) is 17.2 Å². The fourth-order valence-corrected chi connectivity index (χ4v) is 16.0. The molecule has 1 fully saturated rings. The number of aryl methyl sites for hydroxylation is 1. The minimum atomic E-state index is -3.02. The highest BCUT2D eigenvalue weighted by molar-refractivity contribution is 9.11. The van der Waals surface area contributed by atoms with Crippen LogP contribution in [-0.2, 0) is 19.5 Å². The molecule has 15 heteroatoms. The van der Waals surface area contributed by atoms with Crippen LogP contribution >= 0.6 is 47.8 Å². The second-order valence-electron chi connectivity index (χ2n) is 16.6. The highest BCUT2D eigenvalue weighted by Gasteiger charge is 2.51. The van der Waals surface area contributed by atoms with E-state index in [9.17, 15) is 14.4 Å². The van der Waals surface area contributed by atoms with Gasteiger partial charge in [-0.05, 0) is 120 Å². The molecule has 11 nitrogen and oxygen atoms in total. The molecule has 1 aliphatic rings. The average Bonchev–Trinajstić information content (AvgIpc) is 3.70. The average molecular weight is 1090 g/mol. The maximum absolute atomic E-state index is 13.5. The highest BCUT2D eigenvalue weighted by atomic mass is 79.9. The first-order chi connectivity index (χ1) is 31.1. The Morgan fingerprint density at radius 2 is 1.34 bits per heavy atom. The molecule has 6 aromatic rings. The molecule has 1 N–H and O–H groups in total. The van der Waals surface area contributed by atoms with Crippen LogP contribution in [0.3, 0.4) is 0 Å². The van der Waals surface area contributed by atoms with Crippen molar-refractivity contribution in [3.05, 3.63) is 184 Å². The van der Waals surface area contributed by atoms with E-state index >= 15 is 0 Å². The van der Waals surface area contributed by atoms with Gasteiger partial charge in [0, 0.05) is 22.7 Å². The van der Waals surface area contributed by atoms with E-state index in [1.54, 1.807) is 33.3 Å². The molecule has 0 amide bonds. The Kier molecular flexibility index (Phi) is 15.2. The third-order valence-electron chi connectivity index (χ3n) is 12.1. The van der Waals surface area contributed by atoms with Gasteiger partial charge in [0.25, 0.3) is 5.56 Å². The van der Waals surface area contributed by atoms with Crippen molar-refractivity contribution in [2.75, 3.05) is 20.8 Å². The molecule has 0 radical (unpaired) electrons. The second kappa shape index (κ2) is 20.5. The molecule has 0 bridgehead atoms. The van der Waals surface area contributed by atoms with E-state index in [4.69, 9.17) is 28.1 Å². The highest BCUT2D eigenvalue weighted by Crippen LogP contribution is 2.45. The number of carbonyl (C=O) groups is 1. The van der Waals surface area contributed by atoms with Crippen molar-refractivity contribution in [3.63, 3.8) is 0 Å². The van der Waals surface area contributed by atoms with E-state index < -0.39 is 49.6 Å². The Morgan fingerprint density at radius 3 is 1.86 bits per heavy atom. The zero-order valence-corrected chi connectivity index (χ0v) is 42.9. The first kappa shape index (κ1) is 48.3. The van der Waals surface area contributed by atoms with E-state index in [1.807, 2.05) is 103 Å². The van der Waals surface area contributed by atoms with Crippen molar-refractivity contribution in [1.29, 1.82) is 0 Å². The molecule has 340 valence electrons. The molecule has 0 spiro atoms. The van der Waals surface area contributed by atoms with Gasteiger partial charge in [0.1, 0.15) is 29.4 Å². The fourth-order valence-electron chi connectivity index (χ4n) is 8.80. The van der Waals surface area contributed by atoms with E-state index in [1.165, 1.54) is 10.8 Å². The smallest absolute Gasteiger partial charge is 0.343 e. The molecule has 1 saturated heterocycles. The van der Waals surface area contributed by atoms with Crippen LogP contribution in [0.4, 0.5) is 0 Å². The van der Waals surface area contributed by atoms with Crippen LogP contribution in [0.1, 0.15) is 73.0 Å². The molecule has 0 saturated carbocycles. The van der Waals surface area contributed by atoms with Gasteiger partial charge in [0.2, 0.25) is 8.32 Å². The van der Waals surface area contributed by atoms with Gasteiger partial charge in [-0.2, -0.15) is 0 Å². The van der Waals surface area contributed by atoms with Crippen LogP contribution in [-0.4, -0.2) is 56.9 Å². The number of rotatable bonds is 16. The predicted molar refractivity (Wildman–Crippen MR) is 264 cm³/mol. The van der Waals surface area contributed by atoms with Crippen LogP contribution in [0.2, 0.25) is 11.1 Å². The summed E-state index contributed by atoms with van der Waals surface area (Å²) in [6.45, 7) is 10.4. The third-order valence-corrected chi connectivity index (χ3v) is 19.1. The topological polar surface area (TPSA) is 127 Å². The molecule has 3 atom stereocenters. The number of nitrogens with zero attached hydrogens (tertiary/aromatic N) is 1. The molecule has 0 unspecified atom stereocenters. The first-order valence-corrected chi connectivity index (χ1v) is 25.7. The number of aromatic nitrogens is 2. The third kappa shape index (κ3) is 9.92. The lowest BCUT2D eigenvalue weighted by Gasteiger charge is -2.42. The first-order valence-electron chi connectivity index (χ1n) is 21.2. The number of hydrogen-bond acceptors (Lipinski definition) is 9. The van der Waals surface area contributed by atoms with Crippen LogP contribution in [0, 0.1) is 6.92 Å². The molecular weight excluding hydrogens is 1040 g/mol. The van der Waals surface area contributed by atoms with Crippen molar-refractivity contribution in [3.8, 4) is 17.2 Å². The number of hydrogen-bond donors (Lipinski definition) is 1. The number of halogens is 3. The van der Waals surface area contributed by atoms with Gasteiger partial charge in [0.05, 0.1) is 41.4 Å². The van der Waals surface area contributed by atoms with Crippen molar-refractivity contribution >= 4 is 67.3 Å². The predicted octanol–water partition coefficient (Wildman–Crippen LogP) is 10.7. The zero-order valence-electron chi connectivity index (χ0n) is 37.1. The SMILES string of the molecule is COc1ccc(C(OC[C@H]2O[C@@H](n3cc(C)c(=O)[nH]c3=O)C[C@@H]2O[Si](c2ccc(C(=O)Oc3c(Br)cc(Br)cc3Br)cc2)(C(C)C)C(C)C)(c2ccccc2)c2ccc(OC)cc2)cc1. The van der Waals surface area contributed by atoms with Gasteiger partial charge in [-0.3, -0.25) is 14.3 Å². The van der Waals surface area contributed by atoms with Gasteiger partial charge in [-0.1, -0.05) is 110 Å². The number of nitrogens with one attached hydrogen (secondary N) is 1. The van der Waals surface area contributed by atoms with Crippen molar-refractivity contribution in [2.24, 2.45) is 0 Å². The zero-order chi connectivity index (χ0) is 46.6. The Bertz CT molecular complexity index is 2650. The maximum atomic E-state index is 13.5.